The molecule has 2 aromatic rings. The predicted octanol–water partition coefficient (Wildman–Crippen LogP) is 3.69. The quantitative estimate of drug-likeness (QED) is 0.833. The van der Waals surface area contributed by atoms with Gasteiger partial charge in [-0.15, -0.1) is 0 Å². The lowest BCUT2D eigenvalue weighted by Crippen LogP contribution is -1.98. The molecule has 0 aliphatic heterocycles. The lowest BCUT2D eigenvalue weighted by Gasteiger charge is -2.00. The molecule has 0 amide bonds. The molecule has 0 aliphatic rings. The van der Waals surface area contributed by atoms with Crippen LogP contribution in [0.3, 0.4) is 0 Å². The number of carboxylic acids is 1. The highest BCUT2D eigenvalue weighted by Gasteiger charge is 2.05. The molecule has 0 atom stereocenters. The van der Waals surface area contributed by atoms with Crippen molar-refractivity contribution in [2.24, 2.45) is 0 Å². The maximum atomic E-state index is 12.7. The maximum absolute atomic E-state index is 12.7. The standard InChI is InChI=1S/C15H11FO2/c16-13-9-6-11(7-10-13)5-8-12-3-1-2-4-14(12)15(17)18/h1-10H,(H,17,18)/b8-5+. The second-order valence-electron chi connectivity index (χ2n) is 3.78. The summed E-state index contributed by atoms with van der Waals surface area (Å²) < 4.78 is 12.7. The Morgan fingerprint density at radius 3 is 2.33 bits per heavy atom. The molecule has 3 heteroatoms. The Kier molecular flexibility index (Phi) is 3.53. The first-order valence-corrected chi connectivity index (χ1v) is 5.43. The SMILES string of the molecule is O=C(O)c1ccccc1/C=C/c1ccc(F)cc1. The number of carboxylic acid groups (broad SMARTS) is 1. The number of hydrogen-bond donors (Lipinski definition) is 1. The van der Waals surface area contributed by atoms with Crippen molar-refractivity contribution in [2.45, 2.75) is 0 Å². The van der Waals surface area contributed by atoms with E-state index in [1.165, 1.54) is 12.1 Å². The Morgan fingerprint density at radius 1 is 1.00 bits per heavy atom. The molecule has 1 N–H and O–H groups in total. The van der Waals surface area contributed by atoms with Crippen molar-refractivity contribution >= 4 is 18.1 Å². The van der Waals surface area contributed by atoms with E-state index < -0.39 is 5.97 Å². The first kappa shape index (κ1) is 12.0. The average Bonchev–Trinajstić information content (AvgIpc) is 2.38. The fraction of sp³-hybridized carbons (Fsp3) is 0. The van der Waals surface area contributed by atoms with E-state index >= 15 is 0 Å². The Hall–Kier alpha value is -2.42. The molecule has 2 nitrogen and oxygen atoms in total. The molecule has 0 aliphatic carbocycles. The molecular formula is C15H11FO2. The van der Waals surface area contributed by atoms with Crippen molar-refractivity contribution in [3.05, 3.63) is 71.0 Å². The van der Waals surface area contributed by atoms with E-state index in [9.17, 15) is 9.18 Å². The molecule has 0 heterocycles. The molecule has 0 unspecified atom stereocenters. The van der Waals surface area contributed by atoms with Gasteiger partial charge in [-0.2, -0.15) is 0 Å². The van der Waals surface area contributed by atoms with Crippen molar-refractivity contribution in [3.8, 4) is 0 Å². The van der Waals surface area contributed by atoms with Crippen molar-refractivity contribution in [1.29, 1.82) is 0 Å². The highest BCUT2D eigenvalue weighted by molar-refractivity contribution is 5.93. The Morgan fingerprint density at radius 2 is 1.67 bits per heavy atom. The predicted molar refractivity (Wildman–Crippen MR) is 68.7 cm³/mol. The molecule has 18 heavy (non-hydrogen) atoms. The minimum atomic E-state index is -0.964. The minimum absolute atomic E-state index is 0.246. The lowest BCUT2D eigenvalue weighted by atomic mass is 10.1. The largest absolute Gasteiger partial charge is 0.478 e. The summed E-state index contributed by atoms with van der Waals surface area (Å²) >= 11 is 0. The van der Waals surface area contributed by atoms with Gasteiger partial charge in [-0.05, 0) is 29.3 Å². The van der Waals surface area contributed by atoms with E-state index in [1.54, 1.807) is 48.6 Å². The van der Waals surface area contributed by atoms with Crippen molar-refractivity contribution in [3.63, 3.8) is 0 Å². The summed E-state index contributed by atoms with van der Waals surface area (Å²) in [6.07, 6.45) is 3.46. The summed E-state index contributed by atoms with van der Waals surface area (Å²) in [5, 5.41) is 9.02. The van der Waals surface area contributed by atoms with Gasteiger partial charge in [0.1, 0.15) is 5.82 Å². The van der Waals surface area contributed by atoms with Gasteiger partial charge >= 0.3 is 5.97 Å². The van der Waals surface area contributed by atoms with Crippen LogP contribution >= 0.6 is 0 Å². The Bertz CT molecular complexity index is 586. The number of aromatic carboxylic acids is 1. The zero-order valence-electron chi connectivity index (χ0n) is 9.51. The van der Waals surface area contributed by atoms with Crippen LogP contribution in [0.25, 0.3) is 12.2 Å². The highest BCUT2D eigenvalue weighted by Crippen LogP contribution is 2.13. The Balaban J connectivity index is 2.29. The van der Waals surface area contributed by atoms with Crippen LogP contribution in [0.5, 0.6) is 0 Å². The summed E-state index contributed by atoms with van der Waals surface area (Å²) in [5.74, 6) is -1.26. The molecule has 0 saturated heterocycles. The molecule has 0 saturated carbocycles. The molecule has 2 aromatic carbocycles. The van der Waals surface area contributed by atoms with E-state index in [-0.39, 0.29) is 11.4 Å². The van der Waals surface area contributed by atoms with Gasteiger partial charge < -0.3 is 5.11 Å². The minimum Gasteiger partial charge on any atom is -0.478 e. The van der Waals surface area contributed by atoms with Crippen LogP contribution in [-0.4, -0.2) is 11.1 Å². The monoisotopic (exact) mass is 242 g/mol. The van der Waals surface area contributed by atoms with Crippen LogP contribution in [0.4, 0.5) is 4.39 Å². The second kappa shape index (κ2) is 5.27. The normalized spacial score (nSPS) is 10.7. The van der Waals surface area contributed by atoms with E-state index in [0.717, 1.165) is 5.56 Å². The van der Waals surface area contributed by atoms with Crippen LogP contribution in [0.1, 0.15) is 21.5 Å². The summed E-state index contributed by atoms with van der Waals surface area (Å²) in [7, 11) is 0. The molecular weight excluding hydrogens is 231 g/mol. The molecule has 0 aromatic heterocycles. The Labute approximate surface area is 104 Å². The zero-order chi connectivity index (χ0) is 13.0. The topological polar surface area (TPSA) is 37.3 Å². The third-order valence-electron chi connectivity index (χ3n) is 2.52. The van der Waals surface area contributed by atoms with Crippen LogP contribution in [0, 0.1) is 5.82 Å². The van der Waals surface area contributed by atoms with Gasteiger partial charge in [0.25, 0.3) is 0 Å². The number of rotatable bonds is 3. The summed E-state index contributed by atoms with van der Waals surface area (Å²) in [4.78, 5) is 11.0. The maximum Gasteiger partial charge on any atom is 0.336 e. The smallest absolute Gasteiger partial charge is 0.336 e. The summed E-state index contributed by atoms with van der Waals surface area (Å²) in [5.41, 5.74) is 1.68. The van der Waals surface area contributed by atoms with E-state index in [0.29, 0.717) is 5.56 Å². The lowest BCUT2D eigenvalue weighted by molar-refractivity contribution is 0.0696. The average molecular weight is 242 g/mol. The van der Waals surface area contributed by atoms with E-state index in [1.807, 2.05) is 0 Å². The van der Waals surface area contributed by atoms with Crippen LogP contribution in [0.15, 0.2) is 48.5 Å². The molecule has 0 bridgehead atoms. The first-order valence-electron chi connectivity index (χ1n) is 5.43. The summed E-state index contributed by atoms with van der Waals surface area (Å²) in [6.45, 7) is 0. The summed E-state index contributed by atoms with van der Waals surface area (Å²) in [6, 6.07) is 12.7. The molecule has 0 spiro atoms. The van der Waals surface area contributed by atoms with Crippen molar-refractivity contribution < 1.29 is 14.3 Å². The van der Waals surface area contributed by atoms with Crippen LogP contribution in [-0.2, 0) is 0 Å². The van der Waals surface area contributed by atoms with E-state index in [2.05, 4.69) is 0 Å². The highest BCUT2D eigenvalue weighted by atomic mass is 19.1. The third kappa shape index (κ3) is 2.83. The molecule has 0 fully saturated rings. The van der Waals surface area contributed by atoms with Gasteiger partial charge in [0.05, 0.1) is 5.56 Å². The molecule has 0 radical (unpaired) electrons. The van der Waals surface area contributed by atoms with Crippen molar-refractivity contribution in [1.82, 2.24) is 0 Å². The van der Waals surface area contributed by atoms with Crippen molar-refractivity contribution in [2.75, 3.05) is 0 Å². The second-order valence-corrected chi connectivity index (χ2v) is 3.78. The third-order valence-corrected chi connectivity index (χ3v) is 2.52. The van der Waals surface area contributed by atoms with Crippen LogP contribution < -0.4 is 0 Å². The molecule has 2 rings (SSSR count). The number of halogens is 1. The number of benzene rings is 2. The van der Waals surface area contributed by atoms with Gasteiger partial charge in [-0.25, -0.2) is 9.18 Å². The van der Waals surface area contributed by atoms with E-state index in [4.69, 9.17) is 5.11 Å². The van der Waals surface area contributed by atoms with Gasteiger partial charge in [-0.3, -0.25) is 0 Å². The first-order chi connectivity index (χ1) is 8.66. The van der Waals surface area contributed by atoms with Crippen LogP contribution in [0.2, 0.25) is 0 Å². The van der Waals surface area contributed by atoms with Gasteiger partial charge in [0.2, 0.25) is 0 Å². The van der Waals surface area contributed by atoms with Gasteiger partial charge in [0, 0.05) is 0 Å². The fourth-order valence-electron chi connectivity index (χ4n) is 1.60. The van der Waals surface area contributed by atoms with Gasteiger partial charge in [-0.1, -0.05) is 42.5 Å². The van der Waals surface area contributed by atoms with Gasteiger partial charge in [0.15, 0.2) is 0 Å². The zero-order valence-corrected chi connectivity index (χ0v) is 9.51. The number of carbonyl (C=O) groups is 1. The molecule has 90 valence electrons. The number of hydrogen-bond acceptors (Lipinski definition) is 1. The fourth-order valence-corrected chi connectivity index (χ4v) is 1.60.